The van der Waals surface area contributed by atoms with Crippen LogP contribution in [-0.2, 0) is 11.2 Å². The number of carbonyl (C=O) groups is 1. The van der Waals surface area contributed by atoms with Gasteiger partial charge in [0.1, 0.15) is 5.82 Å². The lowest BCUT2D eigenvalue weighted by Gasteiger charge is -2.04. The Morgan fingerprint density at radius 2 is 1.80 bits per heavy atom. The van der Waals surface area contributed by atoms with Crippen LogP contribution in [0, 0.1) is 5.82 Å². The quantitative estimate of drug-likeness (QED) is 0.775. The highest BCUT2D eigenvalue weighted by atomic mass is 19.1. The average molecular weight is 208 g/mol. The Morgan fingerprint density at radius 1 is 1.27 bits per heavy atom. The number of halogens is 1. The normalized spacial score (nSPS) is 12.2. The third kappa shape index (κ3) is 3.20. The van der Waals surface area contributed by atoms with Crippen molar-refractivity contribution in [3.05, 3.63) is 46.8 Å². The van der Waals surface area contributed by atoms with Crippen LogP contribution in [0.3, 0.4) is 0 Å². The Balaban J connectivity index is 2.83. The number of carboxylic acids is 1. The van der Waals surface area contributed by atoms with Gasteiger partial charge in [0.25, 0.3) is 0 Å². The number of rotatable bonds is 3. The smallest absolute Gasteiger partial charge is 0.331 e. The van der Waals surface area contributed by atoms with Gasteiger partial charge in [-0.3, -0.25) is 0 Å². The predicted octanol–water partition coefficient (Wildman–Crippen LogP) is 2.79. The van der Waals surface area contributed by atoms with Gasteiger partial charge in [0.05, 0.1) is 0 Å². The fourth-order valence-corrected chi connectivity index (χ4v) is 1.22. The second-order valence-corrected chi connectivity index (χ2v) is 3.51. The van der Waals surface area contributed by atoms with Crippen molar-refractivity contribution < 1.29 is 14.3 Å². The number of benzene rings is 1. The van der Waals surface area contributed by atoms with Crippen molar-refractivity contribution in [2.45, 2.75) is 20.3 Å². The van der Waals surface area contributed by atoms with E-state index in [1.54, 1.807) is 26.0 Å². The van der Waals surface area contributed by atoms with Crippen LogP contribution in [-0.4, -0.2) is 11.1 Å². The van der Waals surface area contributed by atoms with Crippen molar-refractivity contribution in [3.63, 3.8) is 0 Å². The van der Waals surface area contributed by atoms with E-state index in [0.29, 0.717) is 12.0 Å². The highest BCUT2D eigenvalue weighted by Crippen LogP contribution is 2.12. The maximum atomic E-state index is 12.6. The zero-order valence-corrected chi connectivity index (χ0v) is 8.75. The maximum absolute atomic E-state index is 12.6. The minimum atomic E-state index is -0.908. The molecule has 0 aliphatic carbocycles. The van der Waals surface area contributed by atoms with Gasteiger partial charge in [-0.15, -0.1) is 0 Å². The lowest BCUT2D eigenvalue weighted by molar-refractivity contribution is -0.132. The summed E-state index contributed by atoms with van der Waals surface area (Å²) in [5.74, 6) is -1.19. The number of hydrogen-bond acceptors (Lipinski definition) is 1. The van der Waals surface area contributed by atoms with Crippen LogP contribution in [0.15, 0.2) is 35.4 Å². The zero-order valence-electron chi connectivity index (χ0n) is 8.75. The number of allylic oxidation sites excluding steroid dienone is 1. The highest BCUT2D eigenvalue weighted by Gasteiger charge is 2.05. The van der Waals surface area contributed by atoms with Crippen LogP contribution in [0.4, 0.5) is 4.39 Å². The fraction of sp³-hybridized carbons (Fsp3) is 0.250. The molecule has 0 atom stereocenters. The first-order valence-corrected chi connectivity index (χ1v) is 4.65. The van der Waals surface area contributed by atoms with Crippen molar-refractivity contribution in [1.29, 1.82) is 0 Å². The van der Waals surface area contributed by atoms with E-state index in [2.05, 4.69) is 0 Å². The second kappa shape index (κ2) is 4.73. The third-order valence-electron chi connectivity index (χ3n) is 2.34. The van der Waals surface area contributed by atoms with E-state index in [1.807, 2.05) is 0 Å². The van der Waals surface area contributed by atoms with Crippen LogP contribution >= 0.6 is 0 Å². The molecule has 0 aliphatic heterocycles. The lowest BCUT2D eigenvalue weighted by atomic mass is 10.0. The molecule has 1 N–H and O–H groups in total. The van der Waals surface area contributed by atoms with Crippen LogP contribution in [0.5, 0.6) is 0 Å². The summed E-state index contributed by atoms with van der Waals surface area (Å²) in [6.45, 7) is 3.34. The number of hydrogen-bond donors (Lipinski definition) is 1. The minimum absolute atomic E-state index is 0.282. The van der Waals surface area contributed by atoms with Crippen LogP contribution in [0.2, 0.25) is 0 Å². The van der Waals surface area contributed by atoms with Crippen LogP contribution < -0.4 is 0 Å². The van der Waals surface area contributed by atoms with Gasteiger partial charge in [-0.25, -0.2) is 9.18 Å². The molecule has 0 aromatic heterocycles. The number of aliphatic carboxylic acids is 1. The first kappa shape index (κ1) is 11.4. The van der Waals surface area contributed by atoms with Gasteiger partial charge >= 0.3 is 5.97 Å². The summed E-state index contributed by atoms with van der Waals surface area (Å²) in [7, 11) is 0. The molecule has 0 saturated heterocycles. The molecule has 0 spiro atoms. The molecular formula is C12H13FO2. The molecule has 0 bridgehead atoms. The zero-order chi connectivity index (χ0) is 11.4. The van der Waals surface area contributed by atoms with E-state index in [9.17, 15) is 9.18 Å². The molecule has 0 amide bonds. The van der Waals surface area contributed by atoms with E-state index < -0.39 is 5.97 Å². The van der Waals surface area contributed by atoms with Crippen molar-refractivity contribution in [1.82, 2.24) is 0 Å². The molecule has 2 nitrogen and oxygen atoms in total. The van der Waals surface area contributed by atoms with Gasteiger partial charge in [0.15, 0.2) is 0 Å². The lowest BCUT2D eigenvalue weighted by Crippen LogP contribution is -2.01. The number of carboxylic acid groups (broad SMARTS) is 1. The summed E-state index contributed by atoms with van der Waals surface area (Å²) in [4.78, 5) is 10.7. The molecule has 80 valence electrons. The molecule has 1 rings (SSSR count). The average Bonchev–Trinajstić information content (AvgIpc) is 2.20. The third-order valence-corrected chi connectivity index (χ3v) is 2.34. The molecule has 15 heavy (non-hydrogen) atoms. The van der Waals surface area contributed by atoms with Crippen molar-refractivity contribution in [3.8, 4) is 0 Å². The van der Waals surface area contributed by atoms with Crippen molar-refractivity contribution in [2.24, 2.45) is 0 Å². The van der Waals surface area contributed by atoms with E-state index in [-0.39, 0.29) is 5.82 Å². The Kier molecular flexibility index (Phi) is 3.61. The molecular weight excluding hydrogens is 195 g/mol. The van der Waals surface area contributed by atoms with E-state index in [4.69, 9.17) is 5.11 Å². The van der Waals surface area contributed by atoms with Gasteiger partial charge in [-0.05, 0) is 38.0 Å². The van der Waals surface area contributed by atoms with Gasteiger partial charge < -0.3 is 5.11 Å². The standard InChI is InChI=1S/C12H13FO2/c1-8(9(2)12(14)15)7-10-3-5-11(13)6-4-10/h3-6H,7H2,1-2H3,(H,14,15)/b9-8+. The predicted molar refractivity (Wildman–Crippen MR) is 56.1 cm³/mol. The molecule has 0 heterocycles. The van der Waals surface area contributed by atoms with Gasteiger partial charge in [0.2, 0.25) is 0 Å². The van der Waals surface area contributed by atoms with Crippen molar-refractivity contribution >= 4 is 5.97 Å². The summed E-state index contributed by atoms with van der Waals surface area (Å²) >= 11 is 0. The topological polar surface area (TPSA) is 37.3 Å². The van der Waals surface area contributed by atoms with Gasteiger partial charge in [0, 0.05) is 5.57 Å². The van der Waals surface area contributed by atoms with E-state index >= 15 is 0 Å². The summed E-state index contributed by atoms with van der Waals surface area (Å²) in [5.41, 5.74) is 2.04. The molecule has 0 radical (unpaired) electrons. The van der Waals surface area contributed by atoms with Crippen LogP contribution in [0.1, 0.15) is 19.4 Å². The maximum Gasteiger partial charge on any atom is 0.331 e. The van der Waals surface area contributed by atoms with E-state index in [0.717, 1.165) is 11.1 Å². The SMILES string of the molecule is C/C(Cc1ccc(F)cc1)=C(/C)C(=O)O. The Labute approximate surface area is 88.1 Å². The van der Waals surface area contributed by atoms with Gasteiger partial charge in [-0.2, -0.15) is 0 Å². The monoisotopic (exact) mass is 208 g/mol. The second-order valence-electron chi connectivity index (χ2n) is 3.51. The Hall–Kier alpha value is -1.64. The summed E-state index contributed by atoms with van der Waals surface area (Å²) in [6, 6.07) is 6.07. The van der Waals surface area contributed by atoms with E-state index in [1.165, 1.54) is 12.1 Å². The summed E-state index contributed by atoms with van der Waals surface area (Å²) in [6.07, 6.45) is 0.540. The summed E-state index contributed by atoms with van der Waals surface area (Å²) < 4.78 is 12.6. The molecule has 1 aromatic rings. The molecule has 0 unspecified atom stereocenters. The van der Waals surface area contributed by atoms with Crippen molar-refractivity contribution in [2.75, 3.05) is 0 Å². The molecule has 1 aromatic carbocycles. The Morgan fingerprint density at radius 3 is 2.27 bits per heavy atom. The Bertz CT molecular complexity index is 391. The molecule has 0 saturated carbocycles. The first-order valence-electron chi connectivity index (χ1n) is 4.65. The first-order chi connectivity index (χ1) is 7.00. The largest absolute Gasteiger partial charge is 0.478 e. The minimum Gasteiger partial charge on any atom is -0.478 e. The van der Waals surface area contributed by atoms with Gasteiger partial charge in [-0.1, -0.05) is 17.7 Å². The summed E-state index contributed by atoms with van der Waals surface area (Å²) in [5, 5.41) is 8.76. The highest BCUT2D eigenvalue weighted by molar-refractivity contribution is 5.86. The molecule has 3 heteroatoms. The van der Waals surface area contributed by atoms with Crippen LogP contribution in [0.25, 0.3) is 0 Å². The fourth-order valence-electron chi connectivity index (χ4n) is 1.22. The molecule has 0 aliphatic rings. The molecule has 0 fully saturated rings.